The third-order valence-corrected chi connectivity index (χ3v) is 4.60. The predicted molar refractivity (Wildman–Crippen MR) is 82.2 cm³/mol. The molecule has 2 saturated heterocycles. The molecule has 5 heteroatoms. The molecular weight excluding hydrogens is 268 g/mol. The van der Waals surface area contributed by atoms with Crippen LogP contribution in [0.2, 0.25) is 0 Å². The third-order valence-electron chi connectivity index (χ3n) is 4.60. The molecule has 0 aromatic rings. The molecular formula is C16H28N2O3. The van der Waals surface area contributed by atoms with Crippen LogP contribution in [-0.2, 0) is 4.74 Å². The van der Waals surface area contributed by atoms with Crippen molar-refractivity contribution in [2.24, 2.45) is 0 Å². The summed E-state index contributed by atoms with van der Waals surface area (Å²) in [5.74, 6) is 0. The minimum atomic E-state index is -0.214. The average molecular weight is 296 g/mol. The number of ether oxygens (including phenoxy) is 1. The van der Waals surface area contributed by atoms with Crippen LogP contribution in [0.4, 0.5) is 4.79 Å². The van der Waals surface area contributed by atoms with Crippen molar-refractivity contribution in [3.05, 3.63) is 12.7 Å². The molecule has 120 valence electrons. The molecule has 5 nitrogen and oxygen atoms in total. The fourth-order valence-corrected chi connectivity index (χ4v) is 3.66. The van der Waals surface area contributed by atoms with Gasteiger partial charge in [0.2, 0.25) is 0 Å². The fourth-order valence-electron chi connectivity index (χ4n) is 3.66. The van der Waals surface area contributed by atoms with Gasteiger partial charge in [-0.25, -0.2) is 4.79 Å². The maximum Gasteiger partial charge on any atom is 0.410 e. The normalized spacial score (nSPS) is 27.4. The van der Waals surface area contributed by atoms with Gasteiger partial charge in [-0.2, -0.15) is 0 Å². The van der Waals surface area contributed by atoms with Crippen molar-refractivity contribution in [2.75, 3.05) is 32.8 Å². The minimum Gasteiger partial charge on any atom is -0.445 e. The smallest absolute Gasteiger partial charge is 0.410 e. The van der Waals surface area contributed by atoms with Gasteiger partial charge < -0.3 is 14.7 Å². The van der Waals surface area contributed by atoms with Crippen molar-refractivity contribution in [3.8, 4) is 0 Å². The number of aliphatic hydroxyl groups excluding tert-OH is 1. The molecule has 0 radical (unpaired) electrons. The number of hydrogen-bond acceptors (Lipinski definition) is 4. The van der Waals surface area contributed by atoms with Crippen LogP contribution >= 0.6 is 0 Å². The zero-order valence-corrected chi connectivity index (χ0v) is 12.9. The molecule has 1 amide bonds. The van der Waals surface area contributed by atoms with Crippen LogP contribution in [0.15, 0.2) is 12.7 Å². The highest BCUT2D eigenvalue weighted by atomic mass is 16.6. The first-order chi connectivity index (χ1) is 10.3. The van der Waals surface area contributed by atoms with E-state index in [1.54, 1.807) is 6.08 Å². The molecule has 2 rings (SSSR count). The third kappa shape index (κ3) is 4.20. The summed E-state index contributed by atoms with van der Waals surface area (Å²) in [6.07, 6.45) is 8.14. The first-order valence-electron chi connectivity index (χ1n) is 8.17. The van der Waals surface area contributed by atoms with Crippen molar-refractivity contribution in [1.29, 1.82) is 0 Å². The van der Waals surface area contributed by atoms with Crippen molar-refractivity contribution in [3.63, 3.8) is 0 Å². The van der Waals surface area contributed by atoms with E-state index in [-0.39, 0.29) is 25.3 Å². The van der Waals surface area contributed by atoms with Crippen LogP contribution in [0.1, 0.15) is 38.5 Å². The Labute approximate surface area is 127 Å². The quantitative estimate of drug-likeness (QED) is 0.789. The first-order valence-corrected chi connectivity index (χ1v) is 8.17. The Morgan fingerprint density at radius 1 is 1.19 bits per heavy atom. The minimum absolute atomic E-state index is 0.185. The van der Waals surface area contributed by atoms with Gasteiger partial charge >= 0.3 is 6.09 Å². The van der Waals surface area contributed by atoms with Crippen molar-refractivity contribution < 1.29 is 14.6 Å². The van der Waals surface area contributed by atoms with E-state index in [1.165, 1.54) is 19.3 Å². The second kappa shape index (κ2) is 8.39. The van der Waals surface area contributed by atoms with Gasteiger partial charge in [-0.3, -0.25) is 4.90 Å². The van der Waals surface area contributed by atoms with E-state index in [2.05, 4.69) is 11.5 Å². The maximum atomic E-state index is 12.3. The lowest BCUT2D eigenvalue weighted by molar-refractivity contribution is 0.0184. The summed E-state index contributed by atoms with van der Waals surface area (Å²) in [6, 6.07) is 0.588. The molecule has 2 atom stereocenters. The number of piperidine rings is 2. The SMILES string of the molecule is C=CCOC(=O)N1CCCCC1C1CCCCN1CCO. The highest BCUT2D eigenvalue weighted by Gasteiger charge is 2.37. The van der Waals surface area contributed by atoms with Crippen LogP contribution in [0.3, 0.4) is 0 Å². The van der Waals surface area contributed by atoms with Crippen LogP contribution in [0, 0.1) is 0 Å². The summed E-state index contributed by atoms with van der Waals surface area (Å²) in [4.78, 5) is 16.5. The van der Waals surface area contributed by atoms with Gasteiger partial charge in [0.05, 0.1) is 12.6 Å². The molecule has 2 aliphatic rings. The van der Waals surface area contributed by atoms with Gasteiger partial charge in [0.25, 0.3) is 0 Å². The number of carbonyl (C=O) groups is 1. The molecule has 2 aliphatic heterocycles. The van der Waals surface area contributed by atoms with Gasteiger partial charge in [0.1, 0.15) is 6.61 Å². The Hall–Kier alpha value is -1.07. The molecule has 0 spiro atoms. The average Bonchev–Trinajstić information content (AvgIpc) is 2.53. The fraction of sp³-hybridized carbons (Fsp3) is 0.812. The van der Waals surface area contributed by atoms with Gasteiger partial charge in [-0.05, 0) is 38.6 Å². The molecule has 21 heavy (non-hydrogen) atoms. The van der Waals surface area contributed by atoms with E-state index in [4.69, 9.17) is 4.74 Å². The van der Waals surface area contributed by atoms with Gasteiger partial charge in [-0.1, -0.05) is 19.1 Å². The van der Waals surface area contributed by atoms with E-state index in [0.717, 1.165) is 32.4 Å². The molecule has 1 N–H and O–H groups in total. The number of hydrogen-bond donors (Lipinski definition) is 1. The van der Waals surface area contributed by atoms with Crippen LogP contribution in [-0.4, -0.2) is 65.9 Å². The second-order valence-corrected chi connectivity index (χ2v) is 5.94. The Balaban J connectivity index is 2.05. The molecule has 2 heterocycles. The van der Waals surface area contributed by atoms with Crippen LogP contribution in [0.5, 0.6) is 0 Å². The Morgan fingerprint density at radius 2 is 1.90 bits per heavy atom. The molecule has 0 aliphatic carbocycles. The number of β-amino-alcohol motifs (C(OH)–C–C–N with tert-alkyl or cyclic N) is 1. The van der Waals surface area contributed by atoms with Gasteiger partial charge in [0.15, 0.2) is 0 Å². The van der Waals surface area contributed by atoms with E-state index in [0.29, 0.717) is 12.6 Å². The van der Waals surface area contributed by atoms with Crippen molar-refractivity contribution in [2.45, 2.75) is 50.6 Å². The molecule has 2 unspecified atom stereocenters. The van der Waals surface area contributed by atoms with Crippen molar-refractivity contribution >= 4 is 6.09 Å². The second-order valence-electron chi connectivity index (χ2n) is 5.94. The summed E-state index contributed by atoms with van der Waals surface area (Å²) in [5, 5.41) is 9.27. The Bertz CT molecular complexity index is 346. The van der Waals surface area contributed by atoms with E-state index in [9.17, 15) is 9.90 Å². The Morgan fingerprint density at radius 3 is 2.62 bits per heavy atom. The maximum absolute atomic E-state index is 12.3. The molecule has 0 aromatic heterocycles. The van der Waals surface area contributed by atoms with E-state index >= 15 is 0 Å². The monoisotopic (exact) mass is 296 g/mol. The number of carbonyl (C=O) groups excluding carboxylic acids is 1. The van der Waals surface area contributed by atoms with Crippen LogP contribution < -0.4 is 0 Å². The highest BCUT2D eigenvalue weighted by Crippen LogP contribution is 2.29. The number of nitrogens with zero attached hydrogens (tertiary/aromatic N) is 2. The van der Waals surface area contributed by atoms with Crippen molar-refractivity contribution in [1.82, 2.24) is 9.80 Å². The molecule has 2 fully saturated rings. The number of rotatable bonds is 5. The zero-order chi connectivity index (χ0) is 15.1. The van der Waals surface area contributed by atoms with E-state index in [1.807, 2.05) is 4.90 Å². The van der Waals surface area contributed by atoms with Gasteiger partial charge in [-0.15, -0.1) is 0 Å². The van der Waals surface area contributed by atoms with Gasteiger partial charge in [0, 0.05) is 19.1 Å². The first kappa shape index (κ1) is 16.3. The predicted octanol–water partition coefficient (Wildman–Crippen LogP) is 2.01. The lowest BCUT2D eigenvalue weighted by Gasteiger charge is -2.46. The number of amides is 1. The van der Waals surface area contributed by atoms with Crippen LogP contribution in [0.25, 0.3) is 0 Å². The lowest BCUT2D eigenvalue weighted by Crippen LogP contribution is -2.57. The number of aliphatic hydroxyl groups is 1. The standard InChI is InChI=1S/C16H28N2O3/c1-2-13-21-16(20)18-10-6-4-8-15(18)14-7-3-5-9-17(14)11-12-19/h2,14-15,19H,1,3-13H2. The summed E-state index contributed by atoms with van der Waals surface area (Å²) >= 11 is 0. The van der Waals surface area contributed by atoms with E-state index < -0.39 is 0 Å². The topological polar surface area (TPSA) is 53.0 Å². The molecule has 0 aromatic carbocycles. The zero-order valence-electron chi connectivity index (χ0n) is 12.9. The Kier molecular flexibility index (Phi) is 6.51. The highest BCUT2D eigenvalue weighted by molar-refractivity contribution is 5.68. The molecule has 0 bridgehead atoms. The number of likely N-dealkylation sites (tertiary alicyclic amines) is 2. The largest absolute Gasteiger partial charge is 0.445 e. The molecule has 0 saturated carbocycles. The summed E-state index contributed by atoms with van der Waals surface area (Å²) in [5.41, 5.74) is 0. The summed E-state index contributed by atoms with van der Waals surface area (Å²) < 4.78 is 5.25. The summed E-state index contributed by atoms with van der Waals surface area (Å²) in [7, 11) is 0. The summed E-state index contributed by atoms with van der Waals surface area (Å²) in [6.45, 7) is 6.56. The lowest BCUT2D eigenvalue weighted by atomic mass is 9.89.